The van der Waals surface area contributed by atoms with Crippen LogP contribution >= 0.6 is 0 Å². The molecule has 0 bridgehead atoms. The fraction of sp³-hybridized carbons (Fsp3) is 0.636. The minimum atomic E-state index is -0.233. The van der Waals surface area contributed by atoms with E-state index in [-0.39, 0.29) is 35.2 Å². The van der Waals surface area contributed by atoms with E-state index in [4.69, 9.17) is 4.74 Å². The second-order valence-electron chi connectivity index (χ2n) is 8.52. The summed E-state index contributed by atoms with van der Waals surface area (Å²) in [6.07, 6.45) is 3.23. The van der Waals surface area contributed by atoms with Crippen LogP contribution in [-0.2, 0) is 14.3 Å². The maximum atomic E-state index is 13.7. The average Bonchev–Trinajstić information content (AvgIpc) is 2.73. The van der Waals surface area contributed by atoms with Crippen molar-refractivity contribution >= 4 is 17.5 Å². The molecule has 6 nitrogen and oxygen atoms in total. The number of piperidine rings is 2. The van der Waals surface area contributed by atoms with Crippen LogP contribution in [0.3, 0.4) is 0 Å². The van der Waals surface area contributed by atoms with Gasteiger partial charge in [0.1, 0.15) is 5.82 Å². The number of halogens is 1. The summed E-state index contributed by atoms with van der Waals surface area (Å²) < 4.78 is 19.5. The molecule has 0 aromatic heterocycles. The second-order valence-corrected chi connectivity index (χ2v) is 8.52. The molecular formula is C22H30FN3O3. The molecule has 1 atom stereocenters. The van der Waals surface area contributed by atoms with Crippen molar-refractivity contribution in [3.63, 3.8) is 0 Å². The fourth-order valence-corrected chi connectivity index (χ4v) is 5.29. The molecule has 1 unspecified atom stereocenters. The molecule has 3 heterocycles. The Morgan fingerprint density at radius 3 is 2.38 bits per heavy atom. The molecule has 1 aromatic rings. The van der Waals surface area contributed by atoms with Gasteiger partial charge in [-0.25, -0.2) is 4.39 Å². The molecule has 1 spiro atoms. The number of amides is 2. The number of hydrogen-bond donors (Lipinski definition) is 0. The molecule has 3 saturated heterocycles. The molecule has 158 valence electrons. The Kier molecular flexibility index (Phi) is 5.51. The van der Waals surface area contributed by atoms with Gasteiger partial charge >= 0.3 is 0 Å². The fourth-order valence-electron chi connectivity index (χ4n) is 5.29. The van der Waals surface area contributed by atoms with E-state index in [1.165, 1.54) is 6.07 Å². The number of carbonyl (C=O) groups excluding carboxylic acids is 2. The van der Waals surface area contributed by atoms with Crippen LogP contribution in [0, 0.1) is 11.7 Å². The van der Waals surface area contributed by atoms with Gasteiger partial charge in [0.2, 0.25) is 11.8 Å². The van der Waals surface area contributed by atoms with E-state index in [9.17, 15) is 14.0 Å². The summed E-state index contributed by atoms with van der Waals surface area (Å²) in [5.74, 6) is 0.0825. The summed E-state index contributed by atoms with van der Waals surface area (Å²) in [7, 11) is 1.73. The zero-order chi connectivity index (χ0) is 20.6. The van der Waals surface area contributed by atoms with E-state index in [0.717, 1.165) is 37.9 Å². The summed E-state index contributed by atoms with van der Waals surface area (Å²) in [5, 5.41) is 0. The third-order valence-corrected chi connectivity index (χ3v) is 7.12. The Labute approximate surface area is 171 Å². The van der Waals surface area contributed by atoms with Gasteiger partial charge in [0.25, 0.3) is 0 Å². The summed E-state index contributed by atoms with van der Waals surface area (Å²) in [6.45, 7) is 5.05. The van der Waals surface area contributed by atoms with Crippen molar-refractivity contribution in [1.82, 2.24) is 9.80 Å². The van der Waals surface area contributed by atoms with Crippen LogP contribution < -0.4 is 4.90 Å². The van der Waals surface area contributed by atoms with Crippen LogP contribution in [0.15, 0.2) is 24.3 Å². The van der Waals surface area contributed by atoms with Crippen LogP contribution in [0.25, 0.3) is 0 Å². The Bertz CT molecular complexity index is 770. The van der Waals surface area contributed by atoms with Crippen LogP contribution in [-0.4, -0.2) is 73.1 Å². The minimum absolute atomic E-state index is 0.0126. The number of rotatable bonds is 3. The zero-order valence-corrected chi connectivity index (χ0v) is 17.3. The SMILES string of the molecule is COC1CN(c2cccc(F)c2)C12CCN(C(=O)C1CCN(C(C)=O)CC1)CC2. The third-order valence-electron chi connectivity index (χ3n) is 7.12. The normalized spacial score (nSPS) is 24.5. The maximum absolute atomic E-state index is 13.7. The lowest BCUT2D eigenvalue weighted by atomic mass is 9.73. The molecule has 7 heteroatoms. The second kappa shape index (κ2) is 7.94. The molecule has 1 aromatic carbocycles. The van der Waals surface area contributed by atoms with Gasteiger partial charge < -0.3 is 19.4 Å². The number of carbonyl (C=O) groups is 2. The molecule has 3 aliphatic heterocycles. The standard InChI is InChI=1S/C22H30FN3O3/c1-16(27)24-10-6-17(7-11-24)21(28)25-12-8-22(9-13-25)20(29-2)15-26(22)19-5-3-4-18(23)14-19/h3-5,14,17,20H,6-13,15H2,1-2H3. The van der Waals surface area contributed by atoms with Gasteiger partial charge in [0, 0.05) is 58.4 Å². The summed E-state index contributed by atoms with van der Waals surface area (Å²) in [5.41, 5.74) is 0.715. The van der Waals surface area contributed by atoms with Crippen molar-refractivity contribution in [1.29, 1.82) is 0 Å². The molecule has 0 saturated carbocycles. The Hall–Kier alpha value is -2.15. The highest BCUT2D eigenvalue weighted by atomic mass is 19.1. The maximum Gasteiger partial charge on any atom is 0.225 e. The predicted octanol–water partition coefficient (Wildman–Crippen LogP) is 2.28. The molecule has 2 amide bonds. The molecule has 3 fully saturated rings. The molecule has 3 aliphatic rings. The van der Waals surface area contributed by atoms with Gasteiger partial charge in [0.15, 0.2) is 0 Å². The monoisotopic (exact) mass is 403 g/mol. The molecule has 0 radical (unpaired) electrons. The highest BCUT2D eigenvalue weighted by molar-refractivity contribution is 5.80. The first-order valence-electron chi connectivity index (χ1n) is 10.5. The quantitative estimate of drug-likeness (QED) is 0.777. The van der Waals surface area contributed by atoms with E-state index < -0.39 is 0 Å². The summed E-state index contributed by atoms with van der Waals surface area (Å²) in [4.78, 5) is 30.6. The van der Waals surface area contributed by atoms with E-state index in [0.29, 0.717) is 26.2 Å². The van der Waals surface area contributed by atoms with Crippen molar-refractivity contribution in [3.8, 4) is 0 Å². The first-order valence-corrected chi connectivity index (χ1v) is 10.5. The highest BCUT2D eigenvalue weighted by Crippen LogP contribution is 2.45. The largest absolute Gasteiger partial charge is 0.377 e. The number of ether oxygens (including phenoxy) is 1. The lowest BCUT2D eigenvalue weighted by Crippen LogP contribution is -2.74. The average molecular weight is 403 g/mol. The molecular weight excluding hydrogens is 373 g/mol. The number of likely N-dealkylation sites (tertiary alicyclic amines) is 2. The van der Waals surface area contributed by atoms with Crippen molar-refractivity contribution in [2.45, 2.75) is 44.2 Å². The Morgan fingerprint density at radius 2 is 1.79 bits per heavy atom. The predicted molar refractivity (Wildman–Crippen MR) is 108 cm³/mol. The third kappa shape index (κ3) is 3.61. The topological polar surface area (TPSA) is 53.1 Å². The van der Waals surface area contributed by atoms with Crippen molar-refractivity contribution in [2.24, 2.45) is 5.92 Å². The number of benzene rings is 1. The van der Waals surface area contributed by atoms with Crippen LogP contribution in [0.2, 0.25) is 0 Å². The van der Waals surface area contributed by atoms with E-state index in [2.05, 4.69) is 4.90 Å². The lowest BCUT2D eigenvalue weighted by molar-refractivity contribution is -0.143. The van der Waals surface area contributed by atoms with Crippen LogP contribution in [0.5, 0.6) is 0 Å². The number of nitrogens with zero attached hydrogens (tertiary/aromatic N) is 3. The lowest BCUT2D eigenvalue weighted by Gasteiger charge is -2.62. The Morgan fingerprint density at radius 1 is 1.10 bits per heavy atom. The summed E-state index contributed by atoms with van der Waals surface area (Å²) in [6, 6.07) is 6.72. The molecule has 29 heavy (non-hydrogen) atoms. The first-order chi connectivity index (χ1) is 13.9. The highest BCUT2D eigenvalue weighted by Gasteiger charge is 2.55. The van der Waals surface area contributed by atoms with Gasteiger partial charge in [0.05, 0.1) is 11.6 Å². The number of hydrogen-bond acceptors (Lipinski definition) is 4. The van der Waals surface area contributed by atoms with Crippen molar-refractivity contribution < 1.29 is 18.7 Å². The van der Waals surface area contributed by atoms with Gasteiger partial charge in [-0.1, -0.05) is 6.07 Å². The van der Waals surface area contributed by atoms with Gasteiger partial charge in [-0.15, -0.1) is 0 Å². The molecule has 0 aliphatic carbocycles. The van der Waals surface area contributed by atoms with Gasteiger partial charge in [-0.05, 0) is 43.9 Å². The van der Waals surface area contributed by atoms with Crippen molar-refractivity contribution in [3.05, 3.63) is 30.1 Å². The molecule has 0 N–H and O–H groups in total. The minimum Gasteiger partial charge on any atom is -0.377 e. The number of methoxy groups -OCH3 is 1. The van der Waals surface area contributed by atoms with Crippen molar-refractivity contribution in [2.75, 3.05) is 44.7 Å². The summed E-state index contributed by atoms with van der Waals surface area (Å²) >= 11 is 0. The van der Waals surface area contributed by atoms with Gasteiger partial charge in [-0.2, -0.15) is 0 Å². The van der Waals surface area contributed by atoms with E-state index in [1.54, 1.807) is 26.2 Å². The Balaban J connectivity index is 1.39. The van der Waals surface area contributed by atoms with Crippen LogP contribution in [0.4, 0.5) is 10.1 Å². The number of anilines is 1. The van der Waals surface area contributed by atoms with E-state index >= 15 is 0 Å². The smallest absolute Gasteiger partial charge is 0.225 e. The molecule has 4 rings (SSSR count). The first kappa shape index (κ1) is 20.1. The van der Waals surface area contributed by atoms with Crippen LogP contribution in [0.1, 0.15) is 32.6 Å². The van der Waals surface area contributed by atoms with E-state index in [1.807, 2.05) is 15.9 Å². The van der Waals surface area contributed by atoms with Gasteiger partial charge in [-0.3, -0.25) is 9.59 Å². The zero-order valence-electron chi connectivity index (χ0n) is 17.3.